The highest BCUT2D eigenvalue weighted by Gasteiger charge is 2.19. The zero-order chi connectivity index (χ0) is 27.7. The van der Waals surface area contributed by atoms with Gasteiger partial charge in [-0.15, -0.1) is 0 Å². The lowest BCUT2D eigenvalue weighted by Crippen LogP contribution is -2.10. The van der Waals surface area contributed by atoms with Crippen molar-refractivity contribution in [2.45, 2.75) is 59.1 Å². The third kappa shape index (κ3) is 8.06. The van der Waals surface area contributed by atoms with Crippen molar-refractivity contribution in [1.82, 2.24) is 0 Å². The van der Waals surface area contributed by atoms with Crippen LogP contribution in [0.2, 0.25) is 0 Å². The standard InChI is InChI=1S/C32H38O5S/c1-21(2)8-6-9-22(3)10-7-11-23(4)16-17-38-20-27-31(35)30-28(34)18-25(33)19-29(30)37-32(27)24-12-14-26(36-5)15-13-24/h8,10,12-16,18-19,33-34H,6-7,9,11,17,20H2,1-5H3/b22-10+,23-16+. The molecule has 0 aliphatic carbocycles. The Morgan fingerprint density at radius 3 is 2.26 bits per heavy atom. The molecule has 1 heterocycles. The van der Waals surface area contributed by atoms with E-state index in [-0.39, 0.29) is 27.9 Å². The van der Waals surface area contributed by atoms with Crippen molar-refractivity contribution < 1.29 is 19.4 Å². The largest absolute Gasteiger partial charge is 0.508 e. The van der Waals surface area contributed by atoms with Crippen molar-refractivity contribution in [3.05, 3.63) is 87.1 Å². The van der Waals surface area contributed by atoms with Crippen LogP contribution in [0.3, 0.4) is 0 Å². The molecule has 6 heteroatoms. The summed E-state index contributed by atoms with van der Waals surface area (Å²) in [7, 11) is 1.59. The number of phenolic OH excluding ortho intramolecular Hbond substituents is 2. The van der Waals surface area contributed by atoms with E-state index in [1.807, 2.05) is 12.1 Å². The Balaban J connectivity index is 1.73. The van der Waals surface area contributed by atoms with Crippen molar-refractivity contribution in [3.8, 4) is 28.6 Å². The van der Waals surface area contributed by atoms with Crippen LogP contribution in [0.1, 0.15) is 58.9 Å². The van der Waals surface area contributed by atoms with Gasteiger partial charge in [-0.05, 0) is 77.6 Å². The first-order valence-electron chi connectivity index (χ1n) is 12.9. The maximum Gasteiger partial charge on any atom is 0.201 e. The lowest BCUT2D eigenvalue weighted by Gasteiger charge is -2.11. The normalized spacial score (nSPS) is 12.1. The van der Waals surface area contributed by atoms with E-state index < -0.39 is 0 Å². The molecule has 3 rings (SSSR count). The fourth-order valence-electron chi connectivity index (χ4n) is 4.13. The zero-order valence-electron chi connectivity index (χ0n) is 23.0. The first-order chi connectivity index (χ1) is 18.2. The predicted octanol–water partition coefficient (Wildman–Crippen LogP) is 8.53. The molecule has 3 aromatic rings. The summed E-state index contributed by atoms with van der Waals surface area (Å²) >= 11 is 1.62. The Bertz CT molecular complexity index is 1390. The Labute approximate surface area is 229 Å². The van der Waals surface area contributed by atoms with E-state index >= 15 is 0 Å². The molecule has 2 aromatic carbocycles. The van der Waals surface area contributed by atoms with Gasteiger partial charge in [-0.3, -0.25) is 4.79 Å². The van der Waals surface area contributed by atoms with Gasteiger partial charge in [-0.25, -0.2) is 0 Å². The molecular weight excluding hydrogens is 496 g/mol. The van der Waals surface area contributed by atoms with Gasteiger partial charge < -0.3 is 19.4 Å². The zero-order valence-corrected chi connectivity index (χ0v) is 23.8. The summed E-state index contributed by atoms with van der Waals surface area (Å²) in [4.78, 5) is 13.5. The molecule has 0 aliphatic heterocycles. The van der Waals surface area contributed by atoms with Gasteiger partial charge in [0.15, 0.2) is 0 Å². The quantitative estimate of drug-likeness (QED) is 0.179. The molecule has 0 saturated carbocycles. The van der Waals surface area contributed by atoms with Gasteiger partial charge in [-0.1, -0.05) is 34.9 Å². The van der Waals surface area contributed by atoms with Crippen LogP contribution >= 0.6 is 11.8 Å². The SMILES string of the molecule is COc1ccc(-c2oc3cc(O)cc(O)c3c(=O)c2CSC/C=C(\C)CC/C=C(\C)CCC=C(C)C)cc1. The van der Waals surface area contributed by atoms with Gasteiger partial charge in [0.1, 0.15) is 34.0 Å². The first kappa shape index (κ1) is 29.2. The average molecular weight is 535 g/mol. The van der Waals surface area contributed by atoms with E-state index in [1.54, 1.807) is 31.0 Å². The molecule has 0 bridgehead atoms. The minimum absolute atomic E-state index is 0.0779. The van der Waals surface area contributed by atoms with Crippen LogP contribution in [-0.4, -0.2) is 23.1 Å². The highest BCUT2D eigenvalue weighted by Crippen LogP contribution is 2.34. The molecule has 0 spiro atoms. The molecular formula is C32H38O5S. The van der Waals surface area contributed by atoms with Gasteiger partial charge in [0.2, 0.25) is 5.43 Å². The molecule has 0 saturated heterocycles. The first-order valence-corrected chi connectivity index (χ1v) is 14.0. The molecule has 0 amide bonds. The molecule has 0 radical (unpaired) electrons. The predicted molar refractivity (Wildman–Crippen MR) is 159 cm³/mol. The van der Waals surface area contributed by atoms with E-state index in [0.717, 1.165) is 43.1 Å². The number of benzene rings is 2. The fraction of sp³-hybridized carbons (Fsp3) is 0.344. The summed E-state index contributed by atoms with van der Waals surface area (Å²) in [6.45, 7) is 8.60. The summed E-state index contributed by atoms with van der Waals surface area (Å²) in [6.07, 6.45) is 11.0. The number of ether oxygens (including phenoxy) is 1. The number of methoxy groups -OCH3 is 1. The Hall–Kier alpha value is -3.38. The third-order valence-corrected chi connectivity index (χ3v) is 7.22. The van der Waals surface area contributed by atoms with Gasteiger partial charge >= 0.3 is 0 Å². The van der Waals surface area contributed by atoms with Gasteiger partial charge in [0, 0.05) is 29.2 Å². The second-order valence-corrected chi connectivity index (χ2v) is 10.8. The number of hydrogen-bond acceptors (Lipinski definition) is 6. The van der Waals surface area contributed by atoms with Gasteiger partial charge in [-0.2, -0.15) is 11.8 Å². The van der Waals surface area contributed by atoms with Crippen molar-refractivity contribution in [1.29, 1.82) is 0 Å². The van der Waals surface area contributed by atoms with E-state index in [2.05, 4.69) is 45.9 Å². The maximum absolute atomic E-state index is 13.5. The van der Waals surface area contributed by atoms with Crippen molar-refractivity contribution >= 4 is 22.7 Å². The maximum atomic E-state index is 13.5. The summed E-state index contributed by atoms with van der Waals surface area (Å²) in [5.74, 6) is 1.85. The highest BCUT2D eigenvalue weighted by atomic mass is 32.2. The number of phenols is 2. The van der Waals surface area contributed by atoms with Crippen molar-refractivity contribution in [2.24, 2.45) is 0 Å². The summed E-state index contributed by atoms with van der Waals surface area (Å²) < 4.78 is 11.3. The lowest BCUT2D eigenvalue weighted by molar-refractivity contribution is 0.415. The Morgan fingerprint density at radius 1 is 0.947 bits per heavy atom. The van der Waals surface area contributed by atoms with Crippen LogP contribution in [0.25, 0.3) is 22.3 Å². The van der Waals surface area contributed by atoms with Crippen LogP contribution < -0.4 is 10.2 Å². The third-order valence-electron chi connectivity index (χ3n) is 6.32. The van der Waals surface area contributed by atoms with Crippen LogP contribution in [0.15, 0.2) is 80.6 Å². The fourth-order valence-corrected chi connectivity index (χ4v) is 5.12. The average Bonchev–Trinajstić information content (AvgIpc) is 2.86. The lowest BCUT2D eigenvalue weighted by atomic mass is 10.0. The number of hydrogen-bond donors (Lipinski definition) is 2. The minimum Gasteiger partial charge on any atom is -0.508 e. The summed E-state index contributed by atoms with van der Waals surface area (Å²) in [5, 5.41) is 20.4. The molecule has 0 aliphatic rings. The van der Waals surface area contributed by atoms with Gasteiger partial charge in [0.05, 0.1) is 12.7 Å². The van der Waals surface area contributed by atoms with E-state index in [1.165, 1.54) is 22.8 Å². The molecule has 0 fully saturated rings. The van der Waals surface area contributed by atoms with Crippen LogP contribution in [0.4, 0.5) is 0 Å². The highest BCUT2D eigenvalue weighted by molar-refractivity contribution is 7.98. The summed E-state index contributed by atoms with van der Waals surface area (Å²) in [5.41, 5.74) is 5.16. The Morgan fingerprint density at radius 2 is 1.61 bits per heavy atom. The second kappa shape index (κ2) is 14.0. The molecule has 202 valence electrons. The van der Waals surface area contributed by atoms with Crippen molar-refractivity contribution in [3.63, 3.8) is 0 Å². The smallest absolute Gasteiger partial charge is 0.201 e. The van der Waals surface area contributed by atoms with E-state index in [0.29, 0.717) is 22.8 Å². The van der Waals surface area contributed by atoms with Gasteiger partial charge in [0.25, 0.3) is 0 Å². The van der Waals surface area contributed by atoms with Crippen LogP contribution in [-0.2, 0) is 5.75 Å². The van der Waals surface area contributed by atoms with E-state index in [9.17, 15) is 15.0 Å². The molecule has 0 atom stereocenters. The van der Waals surface area contributed by atoms with E-state index in [4.69, 9.17) is 9.15 Å². The number of thioether (sulfide) groups is 1. The molecule has 38 heavy (non-hydrogen) atoms. The molecule has 1 aromatic heterocycles. The number of fused-ring (bicyclic) bond motifs is 1. The number of allylic oxidation sites excluding steroid dienone is 5. The monoisotopic (exact) mass is 534 g/mol. The van der Waals surface area contributed by atoms with Crippen LogP contribution in [0.5, 0.6) is 17.2 Å². The molecule has 0 unspecified atom stereocenters. The van der Waals surface area contributed by atoms with Crippen molar-refractivity contribution in [2.75, 3.05) is 12.9 Å². The molecule has 2 N–H and O–H groups in total. The summed E-state index contributed by atoms with van der Waals surface area (Å²) in [6, 6.07) is 9.79. The number of rotatable bonds is 12. The minimum atomic E-state index is -0.295. The Kier molecular flexibility index (Phi) is 10.7. The topological polar surface area (TPSA) is 79.9 Å². The molecule has 5 nitrogen and oxygen atoms in total. The number of aromatic hydroxyl groups is 2. The van der Waals surface area contributed by atoms with Crippen LogP contribution in [0, 0.1) is 0 Å². The second-order valence-electron chi connectivity index (χ2n) is 9.78.